The lowest BCUT2D eigenvalue weighted by atomic mass is 10.2. The molecule has 2 aromatic carbocycles. The molecule has 3 aromatic rings. The number of anilines is 1. The Morgan fingerprint density at radius 2 is 1.93 bits per heavy atom. The Hall–Kier alpha value is -2.34. The number of halogens is 1. The van der Waals surface area contributed by atoms with Crippen LogP contribution in [0.2, 0.25) is 5.02 Å². The average molecular weight is 412 g/mol. The number of hydrogen-bond donors (Lipinski definition) is 0. The van der Waals surface area contributed by atoms with Crippen LogP contribution in [-0.4, -0.2) is 10.2 Å². The molecule has 2 heterocycles. The molecule has 0 unspecified atom stereocenters. The normalized spacial score (nSPS) is 15.8. The van der Waals surface area contributed by atoms with Gasteiger partial charge in [0.1, 0.15) is 11.5 Å². The first kappa shape index (κ1) is 18.0. The summed E-state index contributed by atoms with van der Waals surface area (Å²) in [5, 5.41) is 0.643. The van der Waals surface area contributed by atoms with Gasteiger partial charge in [0.15, 0.2) is 4.32 Å². The van der Waals surface area contributed by atoms with Gasteiger partial charge >= 0.3 is 0 Å². The fourth-order valence-corrected chi connectivity index (χ4v) is 4.28. The second-order valence-corrected chi connectivity index (χ2v) is 8.18. The number of hydrogen-bond acceptors (Lipinski definition) is 4. The molecular weight excluding hydrogens is 398 g/mol. The molecule has 4 rings (SSSR count). The van der Waals surface area contributed by atoms with E-state index in [1.807, 2.05) is 67.6 Å². The molecular formula is C21H14ClNO2S2. The van der Waals surface area contributed by atoms with Crippen LogP contribution in [0.1, 0.15) is 11.3 Å². The van der Waals surface area contributed by atoms with Gasteiger partial charge in [-0.1, -0.05) is 59.8 Å². The van der Waals surface area contributed by atoms with Crippen molar-refractivity contribution < 1.29 is 9.21 Å². The predicted octanol–water partition coefficient (Wildman–Crippen LogP) is 6.31. The third-order valence-corrected chi connectivity index (χ3v) is 5.60. The van der Waals surface area contributed by atoms with Gasteiger partial charge in [0.2, 0.25) is 0 Å². The molecule has 1 aliphatic heterocycles. The molecule has 1 saturated heterocycles. The summed E-state index contributed by atoms with van der Waals surface area (Å²) in [5.41, 5.74) is 2.73. The first-order chi connectivity index (χ1) is 13.0. The summed E-state index contributed by atoms with van der Waals surface area (Å²) in [6.45, 7) is 1.98. The second-order valence-electron chi connectivity index (χ2n) is 6.07. The first-order valence-corrected chi connectivity index (χ1v) is 9.82. The van der Waals surface area contributed by atoms with Crippen LogP contribution in [0.4, 0.5) is 5.69 Å². The fourth-order valence-electron chi connectivity index (χ4n) is 2.81. The highest BCUT2D eigenvalue weighted by molar-refractivity contribution is 8.27. The Bertz CT molecular complexity index is 1090. The number of thiocarbonyl (C=S) groups is 1. The van der Waals surface area contributed by atoms with Crippen LogP contribution in [-0.2, 0) is 4.79 Å². The lowest BCUT2D eigenvalue weighted by Crippen LogP contribution is -2.27. The van der Waals surface area contributed by atoms with Crippen molar-refractivity contribution >= 4 is 57.6 Å². The fraction of sp³-hybridized carbons (Fsp3) is 0.0476. The summed E-state index contributed by atoms with van der Waals surface area (Å²) in [4.78, 5) is 14.9. The van der Waals surface area contributed by atoms with Crippen LogP contribution in [0.15, 0.2) is 70.0 Å². The van der Waals surface area contributed by atoms with E-state index in [4.69, 9.17) is 28.2 Å². The van der Waals surface area contributed by atoms with Crippen molar-refractivity contribution in [1.29, 1.82) is 0 Å². The molecule has 1 aromatic heterocycles. The Balaban J connectivity index is 1.62. The molecule has 6 heteroatoms. The van der Waals surface area contributed by atoms with Crippen molar-refractivity contribution in [1.82, 2.24) is 0 Å². The van der Waals surface area contributed by atoms with Gasteiger partial charge in [0.25, 0.3) is 5.91 Å². The monoisotopic (exact) mass is 411 g/mol. The minimum Gasteiger partial charge on any atom is -0.457 e. The molecule has 1 fully saturated rings. The van der Waals surface area contributed by atoms with Crippen LogP contribution in [0.3, 0.4) is 0 Å². The van der Waals surface area contributed by atoms with Crippen LogP contribution in [0.5, 0.6) is 0 Å². The zero-order chi connectivity index (χ0) is 19.0. The maximum absolute atomic E-state index is 12.8. The van der Waals surface area contributed by atoms with Crippen LogP contribution in [0.25, 0.3) is 17.4 Å². The maximum Gasteiger partial charge on any atom is 0.270 e. The quantitative estimate of drug-likeness (QED) is 0.373. The number of carbonyl (C=O) groups is 1. The first-order valence-electron chi connectivity index (χ1n) is 8.22. The zero-order valence-electron chi connectivity index (χ0n) is 14.3. The summed E-state index contributed by atoms with van der Waals surface area (Å²) < 4.78 is 6.38. The van der Waals surface area contributed by atoms with Crippen LogP contribution >= 0.6 is 35.6 Å². The zero-order valence-corrected chi connectivity index (χ0v) is 16.7. The van der Waals surface area contributed by atoms with Crippen molar-refractivity contribution in [2.45, 2.75) is 6.92 Å². The highest BCUT2D eigenvalue weighted by Gasteiger charge is 2.33. The van der Waals surface area contributed by atoms with E-state index in [9.17, 15) is 4.79 Å². The number of amides is 1. The highest BCUT2D eigenvalue weighted by Crippen LogP contribution is 2.37. The highest BCUT2D eigenvalue weighted by atomic mass is 35.5. The molecule has 134 valence electrons. The van der Waals surface area contributed by atoms with E-state index in [1.165, 1.54) is 11.8 Å². The number of aryl methyl sites for hydroxylation is 1. The number of carbonyl (C=O) groups excluding carboxylic acids is 1. The molecule has 1 amide bonds. The number of rotatable bonds is 3. The van der Waals surface area contributed by atoms with E-state index in [1.54, 1.807) is 11.0 Å². The van der Waals surface area contributed by atoms with Crippen molar-refractivity contribution in [3.8, 4) is 11.3 Å². The van der Waals surface area contributed by atoms with E-state index in [-0.39, 0.29) is 5.91 Å². The molecule has 0 aliphatic carbocycles. The van der Waals surface area contributed by atoms with Gasteiger partial charge in [-0.05, 0) is 48.9 Å². The summed E-state index contributed by atoms with van der Waals surface area (Å²) in [7, 11) is 0. The van der Waals surface area contributed by atoms with Gasteiger partial charge in [0.05, 0.1) is 10.6 Å². The van der Waals surface area contributed by atoms with Gasteiger partial charge in [-0.2, -0.15) is 0 Å². The Labute approximate surface area is 171 Å². The molecule has 0 saturated carbocycles. The van der Waals surface area contributed by atoms with Gasteiger partial charge in [-0.15, -0.1) is 0 Å². The number of nitrogens with zero attached hydrogens (tertiary/aromatic N) is 1. The smallest absolute Gasteiger partial charge is 0.270 e. The van der Waals surface area contributed by atoms with Gasteiger partial charge < -0.3 is 4.42 Å². The Morgan fingerprint density at radius 1 is 1.11 bits per heavy atom. The van der Waals surface area contributed by atoms with Crippen LogP contribution in [0, 0.1) is 6.92 Å². The molecule has 3 nitrogen and oxygen atoms in total. The van der Waals surface area contributed by atoms with E-state index in [0.29, 0.717) is 25.8 Å². The summed E-state index contributed by atoms with van der Waals surface area (Å²) >= 11 is 12.7. The minimum atomic E-state index is -0.142. The van der Waals surface area contributed by atoms with Crippen LogP contribution < -0.4 is 4.90 Å². The van der Waals surface area contributed by atoms with E-state index in [0.717, 1.165) is 16.8 Å². The average Bonchev–Trinajstić information content (AvgIpc) is 3.20. The van der Waals surface area contributed by atoms with Crippen molar-refractivity contribution in [2.75, 3.05) is 4.90 Å². The van der Waals surface area contributed by atoms with Gasteiger partial charge in [-0.25, -0.2) is 0 Å². The molecule has 0 N–H and O–H groups in total. The summed E-state index contributed by atoms with van der Waals surface area (Å²) in [6, 6.07) is 18.8. The largest absolute Gasteiger partial charge is 0.457 e. The second kappa shape index (κ2) is 7.35. The van der Waals surface area contributed by atoms with Gasteiger partial charge in [0, 0.05) is 16.7 Å². The lowest BCUT2D eigenvalue weighted by Gasteiger charge is -2.14. The lowest BCUT2D eigenvalue weighted by molar-refractivity contribution is -0.113. The Morgan fingerprint density at radius 3 is 2.70 bits per heavy atom. The summed E-state index contributed by atoms with van der Waals surface area (Å²) in [6.07, 6.45) is 1.73. The van der Waals surface area contributed by atoms with Crippen molar-refractivity contribution in [2.24, 2.45) is 0 Å². The molecule has 27 heavy (non-hydrogen) atoms. The Kier molecular flexibility index (Phi) is 4.91. The molecule has 0 bridgehead atoms. The van der Waals surface area contributed by atoms with Crippen molar-refractivity contribution in [3.63, 3.8) is 0 Å². The van der Waals surface area contributed by atoms with Gasteiger partial charge in [-0.3, -0.25) is 9.69 Å². The standard InChI is InChI=1S/C21H14ClNO2S2/c1-13-4-2-7-16(10-13)23-20(24)19(27-21(23)26)12-17-8-9-18(25-17)14-5-3-6-15(22)11-14/h2-12H,1H3. The number of benzene rings is 2. The topological polar surface area (TPSA) is 33.5 Å². The minimum absolute atomic E-state index is 0.142. The summed E-state index contributed by atoms with van der Waals surface area (Å²) in [5.74, 6) is 1.14. The molecule has 0 spiro atoms. The molecule has 0 atom stereocenters. The van der Waals surface area contributed by atoms with E-state index >= 15 is 0 Å². The third kappa shape index (κ3) is 3.72. The van der Waals surface area contributed by atoms with E-state index in [2.05, 4.69) is 0 Å². The SMILES string of the molecule is Cc1cccc(N2C(=O)C(=Cc3ccc(-c4cccc(Cl)c4)o3)SC2=S)c1. The molecule has 1 aliphatic rings. The third-order valence-electron chi connectivity index (χ3n) is 4.06. The maximum atomic E-state index is 12.8. The van der Waals surface area contributed by atoms with E-state index < -0.39 is 0 Å². The predicted molar refractivity (Wildman–Crippen MR) is 116 cm³/mol. The molecule has 0 radical (unpaired) electrons. The number of thioether (sulfide) groups is 1. The number of furan rings is 1. The van der Waals surface area contributed by atoms with Crippen molar-refractivity contribution in [3.05, 3.63) is 81.9 Å².